The smallest absolute Gasteiger partial charge is 0 e. The molecule has 4 aromatic carbocycles. The second-order valence-electron chi connectivity index (χ2n) is 10.9. The van der Waals surface area contributed by atoms with Gasteiger partial charge in [-0.3, -0.25) is 0 Å². The van der Waals surface area contributed by atoms with Gasteiger partial charge >= 0.3 is 0 Å². The molecule has 0 saturated heterocycles. The summed E-state index contributed by atoms with van der Waals surface area (Å²) in [5, 5.41) is 2.65. The molecule has 0 aliphatic heterocycles. The van der Waals surface area contributed by atoms with Crippen molar-refractivity contribution >= 4 is 10.8 Å². The van der Waals surface area contributed by atoms with Crippen LogP contribution < -0.4 is 0 Å². The minimum absolute atomic E-state index is 0. The zero-order valence-electron chi connectivity index (χ0n) is 19.6. The van der Waals surface area contributed by atoms with Crippen molar-refractivity contribution in [2.45, 2.75) is 58.8 Å². The van der Waals surface area contributed by atoms with Crippen LogP contribution in [-0.2, 0) is 43.1 Å². The van der Waals surface area contributed by atoms with Crippen molar-refractivity contribution in [3.8, 4) is 22.3 Å². The van der Waals surface area contributed by atoms with Crippen LogP contribution >= 0.6 is 0 Å². The second-order valence-corrected chi connectivity index (χ2v) is 10.9. The maximum atomic E-state index is 2.46. The first-order valence-corrected chi connectivity index (χ1v) is 11.1. The van der Waals surface area contributed by atoms with Crippen molar-refractivity contribution in [3.05, 3.63) is 89.0 Å². The molecule has 0 saturated carbocycles. The van der Waals surface area contributed by atoms with E-state index < -0.39 is 0 Å². The quantitative estimate of drug-likeness (QED) is 0.140. The molecule has 0 nitrogen and oxygen atoms in total. The standard InChI is InChI=1S/C30H31.Hf/c1-29(2,3)22-16-24(21-14-19-10-7-8-11-20(19)15-21)26-18-27-23(25(26)17-22)12-9-13-28(27)30(4,5)6;/h7-17H,18H2,1-6H3;/q-1;. The maximum absolute atomic E-state index is 2.46. The van der Waals surface area contributed by atoms with Gasteiger partial charge in [-0.2, -0.15) is 0 Å². The van der Waals surface area contributed by atoms with E-state index in [4.69, 9.17) is 0 Å². The summed E-state index contributed by atoms with van der Waals surface area (Å²) in [6.45, 7) is 14.0. The largest absolute Gasteiger partial charge is 0.145 e. The van der Waals surface area contributed by atoms with Gasteiger partial charge in [0.2, 0.25) is 0 Å². The summed E-state index contributed by atoms with van der Waals surface area (Å²) < 4.78 is 0. The van der Waals surface area contributed by atoms with Crippen LogP contribution in [0.3, 0.4) is 0 Å². The average molecular weight is 570 g/mol. The van der Waals surface area contributed by atoms with Gasteiger partial charge in [-0.15, -0.1) is 34.5 Å². The Labute approximate surface area is 205 Å². The molecule has 0 bridgehead atoms. The second kappa shape index (κ2) is 7.62. The summed E-state index contributed by atoms with van der Waals surface area (Å²) in [6, 6.07) is 25.2. The SMILES string of the molecule is CC(C)(C)c1cc(-c2cc3ccccc3[cH-]2)c2c(c1)-c1cccc(C(C)(C)C)c1C2.[Hf]. The molecule has 1 aliphatic carbocycles. The van der Waals surface area contributed by atoms with Crippen LogP contribution in [0.2, 0.25) is 0 Å². The summed E-state index contributed by atoms with van der Waals surface area (Å²) in [5.74, 6) is 0. The van der Waals surface area contributed by atoms with Crippen molar-refractivity contribution in [2.24, 2.45) is 0 Å². The molecule has 0 radical (unpaired) electrons. The number of rotatable bonds is 1. The van der Waals surface area contributed by atoms with Crippen molar-refractivity contribution in [2.75, 3.05) is 0 Å². The molecular weight excluding hydrogens is 539 g/mol. The summed E-state index contributed by atoms with van der Waals surface area (Å²) in [5.41, 5.74) is 11.8. The average Bonchev–Trinajstić information content (AvgIpc) is 3.26. The zero-order valence-corrected chi connectivity index (χ0v) is 23.2. The van der Waals surface area contributed by atoms with Crippen LogP contribution in [0.25, 0.3) is 33.0 Å². The van der Waals surface area contributed by atoms with E-state index in [1.807, 2.05) is 0 Å². The molecular formula is C30H31Hf-. The molecule has 156 valence electrons. The van der Waals surface area contributed by atoms with Gasteiger partial charge in [0.05, 0.1) is 0 Å². The molecule has 0 spiro atoms. The maximum Gasteiger partial charge on any atom is 0 e. The van der Waals surface area contributed by atoms with Gasteiger partial charge in [0.15, 0.2) is 0 Å². The Morgan fingerprint density at radius 2 is 1.39 bits per heavy atom. The van der Waals surface area contributed by atoms with Crippen LogP contribution in [0.4, 0.5) is 0 Å². The van der Waals surface area contributed by atoms with Gasteiger partial charge in [-0.05, 0) is 45.1 Å². The van der Waals surface area contributed by atoms with E-state index in [2.05, 4.69) is 108 Å². The van der Waals surface area contributed by atoms with Crippen molar-refractivity contribution in [3.63, 3.8) is 0 Å². The minimum atomic E-state index is 0. The molecule has 4 aromatic rings. The van der Waals surface area contributed by atoms with E-state index in [1.54, 1.807) is 0 Å². The van der Waals surface area contributed by atoms with E-state index in [-0.39, 0.29) is 36.7 Å². The first-order chi connectivity index (χ1) is 14.1. The molecule has 0 aromatic heterocycles. The van der Waals surface area contributed by atoms with E-state index >= 15 is 0 Å². The molecule has 0 fully saturated rings. The van der Waals surface area contributed by atoms with E-state index in [0.29, 0.717) is 0 Å². The number of hydrogen-bond donors (Lipinski definition) is 0. The van der Waals surface area contributed by atoms with Gasteiger partial charge in [-0.1, -0.05) is 101 Å². The summed E-state index contributed by atoms with van der Waals surface area (Å²) in [7, 11) is 0. The van der Waals surface area contributed by atoms with Gasteiger partial charge in [0, 0.05) is 25.8 Å². The van der Waals surface area contributed by atoms with Crippen LogP contribution in [0.5, 0.6) is 0 Å². The van der Waals surface area contributed by atoms with Gasteiger partial charge in [0.1, 0.15) is 0 Å². The van der Waals surface area contributed by atoms with Crippen LogP contribution in [0.1, 0.15) is 63.8 Å². The Kier molecular flexibility index (Phi) is 5.49. The van der Waals surface area contributed by atoms with Gasteiger partial charge in [-0.25, -0.2) is 0 Å². The Morgan fingerprint density at radius 3 is 2.06 bits per heavy atom. The Balaban J connectivity index is 0.00000231. The molecule has 31 heavy (non-hydrogen) atoms. The molecule has 0 amide bonds. The normalized spacial score (nSPS) is 13.1. The van der Waals surface area contributed by atoms with Crippen molar-refractivity contribution < 1.29 is 25.8 Å². The van der Waals surface area contributed by atoms with Crippen LogP contribution in [-0.4, -0.2) is 0 Å². The van der Waals surface area contributed by atoms with Crippen molar-refractivity contribution in [1.29, 1.82) is 0 Å². The van der Waals surface area contributed by atoms with Gasteiger partial charge < -0.3 is 0 Å². The first-order valence-electron chi connectivity index (χ1n) is 11.1. The third-order valence-corrected chi connectivity index (χ3v) is 6.67. The van der Waals surface area contributed by atoms with Crippen LogP contribution in [0.15, 0.2) is 66.7 Å². The third-order valence-electron chi connectivity index (χ3n) is 6.67. The zero-order chi connectivity index (χ0) is 21.3. The summed E-state index contributed by atoms with van der Waals surface area (Å²) >= 11 is 0. The fourth-order valence-electron chi connectivity index (χ4n) is 5.01. The topological polar surface area (TPSA) is 0 Å². The fraction of sp³-hybridized carbons (Fsp3) is 0.300. The Bertz CT molecular complexity index is 1240. The number of fused-ring (bicyclic) bond motifs is 4. The molecule has 1 heteroatoms. The summed E-state index contributed by atoms with van der Waals surface area (Å²) in [4.78, 5) is 0. The first kappa shape index (κ1) is 22.3. The third kappa shape index (κ3) is 3.80. The molecule has 0 N–H and O–H groups in total. The predicted molar refractivity (Wildman–Crippen MR) is 131 cm³/mol. The predicted octanol–water partition coefficient (Wildman–Crippen LogP) is 8.39. The Hall–Kier alpha value is -1.86. The van der Waals surface area contributed by atoms with Gasteiger partial charge in [0.25, 0.3) is 0 Å². The number of hydrogen-bond acceptors (Lipinski definition) is 0. The molecule has 0 heterocycles. The van der Waals surface area contributed by atoms with E-state index in [9.17, 15) is 0 Å². The van der Waals surface area contributed by atoms with Crippen LogP contribution in [0, 0.1) is 0 Å². The van der Waals surface area contributed by atoms with E-state index in [0.717, 1.165) is 6.42 Å². The number of benzene rings is 3. The van der Waals surface area contributed by atoms with Crippen molar-refractivity contribution in [1.82, 2.24) is 0 Å². The molecule has 5 rings (SSSR count). The molecule has 0 atom stereocenters. The monoisotopic (exact) mass is 571 g/mol. The molecule has 1 aliphatic rings. The molecule has 0 unspecified atom stereocenters. The fourth-order valence-corrected chi connectivity index (χ4v) is 5.01. The minimum Gasteiger partial charge on any atom is -0.145 e. The summed E-state index contributed by atoms with van der Waals surface area (Å²) in [6.07, 6.45) is 1.03. The Morgan fingerprint density at radius 1 is 0.677 bits per heavy atom. The van der Waals surface area contributed by atoms with E-state index in [1.165, 1.54) is 55.3 Å².